The summed E-state index contributed by atoms with van der Waals surface area (Å²) in [7, 11) is 0. The summed E-state index contributed by atoms with van der Waals surface area (Å²) in [6.45, 7) is 11.4. The van der Waals surface area contributed by atoms with E-state index in [1.165, 1.54) is 66.4 Å². The minimum absolute atomic E-state index is 0.0670. The van der Waals surface area contributed by atoms with Crippen LogP contribution in [0.1, 0.15) is 37.5 Å². The van der Waals surface area contributed by atoms with Gasteiger partial charge in [0.1, 0.15) is 5.82 Å². The molecular formula is C51H43N3. The van der Waals surface area contributed by atoms with Crippen molar-refractivity contribution in [1.82, 2.24) is 14.1 Å². The predicted molar refractivity (Wildman–Crippen MR) is 228 cm³/mol. The molecule has 0 atom stereocenters. The molecule has 3 nitrogen and oxygen atoms in total. The largest absolute Gasteiger partial charge is 0.309 e. The molecule has 0 aliphatic heterocycles. The molecule has 0 amide bonds. The Labute approximate surface area is 317 Å². The number of nitrogens with zero attached hydrogens (tertiary/aromatic N) is 3. The van der Waals surface area contributed by atoms with Crippen molar-refractivity contribution in [3.05, 3.63) is 187 Å². The highest BCUT2D eigenvalue weighted by Crippen LogP contribution is 2.44. The normalized spacial score (nSPS) is 11.8. The van der Waals surface area contributed by atoms with Gasteiger partial charge >= 0.3 is 0 Å². The zero-order valence-electron chi connectivity index (χ0n) is 31.5. The summed E-state index contributed by atoms with van der Waals surface area (Å²) < 4.78 is 4.86. The van der Waals surface area contributed by atoms with Crippen LogP contribution >= 0.6 is 0 Å². The third-order valence-electron chi connectivity index (χ3n) is 10.8. The number of hydrogen-bond donors (Lipinski definition) is 0. The SMILES string of the molecule is Cc1cc(-c2ncc(-c3ccccc3)n2-c2c(-c3ccccc3)cc(C(C)(C)C)cc2-c2ccccc2)cc(C)c1-n1c2ccccc2c2ccccc21. The first-order valence-corrected chi connectivity index (χ1v) is 18.8. The molecule has 0 aliphatic rings. The van der Waals surface area contributed by atoms with Gasteiger partial charge in [-0.05, 0) is 83.5 Å². The molecule has 3 heteroatoms. The number of aromatic nitrogens is 3. The molecule has 54 heavy (non-hydrogen) atoms. The Morgan fingerprint density at radius 3 is 1.37 bits per heavy atom. The third kappa shape index (κ3) is 5.64. The molecule has 0 bridgehead atoms. The van der Waals surface area contributed by atoms with Crippen LogP contribution in [0.3, 0.4) is 0 Å². The predicted octanol–water partition coefficient (Wildman–Crippen LogP) is 13.6. The second-order valence-corrected chi connectivity index (χ2v) is 15.4. The summed E-state index contributed by atoms with van der Waals surface area (Å²) in [6.07, 6.45) is 2.05. The van der Waals surface area contributed by atoms with Crippen molar-refractivity contribution in [2.45, 2.75) is 40.0 Å². The van der Waals surface area contributed by atoms with E-state index >= 15 is 0 Å². The molecule has 2 aromatic heterocycles. The van der Waals surface area contributed by atoms with Crippen LogP contribution in [0, 0.1) is 13.8 Å². The average molecular weight is 698 g/mol. The first-order chi connectivity index (χ1) is 26.3. The number of benzene rings is 7. The van der Waals surface area contributed by atoms with E-state index in [9.17, 15) is 0 Å². The first kappa shape index (κ1) is 33.4. The van der Waals surface area contributed by atoms with Gasteiger partial charge in [-0.1, -0.05) is 148 Å². The summed E-state index contributed by atoms with van der Waals surface area (Å²) in [5.41, 5.74) is 16.3. The topological polar surface area (TPSA) is 22.8 Å². The summed E-state index contributed by atoms with van der Waals surface area (Å²) in [5, 5.41) is 2.53. The molecule has 9 rings (SSSR count). The molecule has 0 spiro atoms. The van der Waals surface area contributed by atoms with Gasteiger partial charge in [-0.3, -0.25) is 4.57 Å². The van der Waals surface area contributed by atoms with Crippen molar-refractivity contribution in [3.63, 3.8) is 0 Å². The van der Waals surface area contributed by atoms with Gasteiger partial charge in [-0.2, -0.15) is 0 Å². The van der Waals surface area contributed by atoms with Crippen molar-refractivity contribution < 1.29 is 0 Å². The van der Waals surface area contributed by atoms with Crippen LogP contribution in [0.2, 0.25) is 0 Å². The molecule has 7 aromatic carbocycles. The van der Waals surface area contributed by atoms with E-state index in [1.54, 1.807) is 0 Å². The summed E-state index contributed by atoms with van der Waals surface area (Å²) >= 11 is 0. The average Bonchev–Trinajstić information content (AvgIpc) is 3.78. The van der Waals surface area contributed by atoms with E-state index in [1.807, 2.05) is 0 Å². The van der Waals surface area contributed by atoms with Crippen molar-refractivity contribution >= 4 is 21.8 Å². The summed E-state index contributed by atoms with van der Waals surface area (Å²) in [4.78, 5) is 5.31. The summed E-state index contributed by atoms with van der Waals surface area (Å²) in [6, 6.07) is 59.3. The molecule has 2 heterocycles. The monoisotopic (exact) mass is 697 g/mol. The van der Waals surface area contributed by atoms with Crippen LogP contribution in [0.25, 0.3) is 78.1 Å². The molecule has 0 fully saturated rings. The van der Waals surface area contributed by atoms with Gasteiger partial charge in [0.05, 0.1) is 34.3 Å². The molecular weight excluding hydrogens is 655 g/mol. The van der Waals surface area contributed by atoms with Gasteiger partial charge in [0.25, 0.3) is 0 Å². The van der Waals surface area contributed by atoms with E-state index in [4.69, 9.17) is 4.98 Å². The molecule has 0 unspecified atom stereocenters. The number of aryl methyl sites for hydroxylation is 2. The van der Waals surface area contributed by atoms with Gasteiger partial charge in [0, 0.05) is 33.0 Å². The van der Waals surface area contributed by atoms with Crippen LogP contribution < -0.4 is 0 Å². The maximum Gasteiger partial charge on any atom is 0.145 e. The third-order valence-corrected chi connectivity index (χ3v) is 10.8. The number of rotatable bonds is 6. The van der Waals surface area contributed by atoms with Crippen LogP contribution in [-0.4, -0.2) is 14.1 Å². The van der Waals surface area contributed by atoms with Crippen molar-refractivity contribution in [2.75, 3.05) is 0 Å². The Kier molecular flexibility index (Phi) is 8.16. The van der Waals surface area contributed by atoms with E-state index < -0.39 is 0 Å². The Morgan fingerprint density at radius 2 is 0.889 bits per heavy atom. The molecule has 0 saturated heterocycles. The van der Waals surface area contributed by atoms with E-state index in [-0.39, 0.29) is 5.41 Å². The minimum atomic E-state index is -0.0670. The maximum atomic E-state index is 5.31. The lowest BCUT2D eigenvalue weighted by Gasteiger charge is -2.27. The number of fused-ring (bicyclic) bond motifs is 3. The van der Waals surface area contributed by atoms with Crippen molar-refractivity contribution in [2.24, 2.45) is 0 Å². The van der Waals surface area contributed by atoms with Gasteiger partial charge in [-0.15, -0.1) is 0 Å². The van der Waals surface area contributed by atoms with E-state index in [2.05, 4.69) is 214 Å². The highest BCUT2D eigenvalue weighted by atomic mass is 15.1. The fraction of sp³-hybridized carbons (Fsp3) is 0.118. The number of para-hydroxylation sites is 2. The van der Waals surface area contributed by atoms with Crippen LogP contribution in [0.4, 0.5) is 0 Å². The van der Waals surface area contributed by atoms with Crippen molar-refractivity contribution in [1.29, 1.82) is 0 Å². The van der Waals surface area contributed by atoms with E-state index in [0.29, 0.717) is 0 Å². The smallest absolute Gasteiger partial charge is 0.145 e. The standard InChI is InChI=1S/C51H43N3/c1-34-29-39(30-35(2)48(34)53-45-27-17-15-25-41(45)42-26-16-18-28-46(42)53)50-52-33-47(38-23-13-8-14-24-38)54(50)49-43(36-19-9-6-10-20-36)31-40(51(3,4)5)32-44(49)37-21-11-7-12-22-37/h6-33H,1-5H3. The quantitative estimate of drug-likeness (QED) is 0.170. The zero-order valence-corrected chi connectivity index (χ0v) is 31.5. The maximum absolute atomic E-state index is 5.31. The van der Waals surface area contributed by atoms with Crippen LogP contribution in [-0.2, 0) is 5.41 Å². The van der Waals surface area contributed by atoms with Crippen LogP contribution in [0.15, 0.2) is 170 Å². The highest BCUT2D eigenvalue weighted by Gasteiger charge is 2.26. The molecule has 262 valence electrons. The fourth-order valence-electron chi connectivity index (χ4n) is 8.18. The Bertz CT molecular complexity index is 2660. The number of imidazole rings is 1. The first-order valence-electron chi connectivity index (χ1n) is 18.8. The summed E-state index contributed by atoms with van der Waals surface area (Å²) in [5.74, 6) is 0.909. The van der Waals surface area contributed by atoms with Crippen molar-refractivity contribution in [3.8, 4) is 56.3 Å². The molecule has 0 aliphatic carbocycles. The van der Waals surface area contributed by atoms with Gasteiger partial charge in [-0.25, -0.2) is 4.98 Å². The van der Waals surface area contributed by atoms with Crippen LogP contribution in [0.5, 0.6) is 0 Å². The molecule has 0 N–H and O–H groups in total. The molecule has 0 radical (unpaired) electrons. The Balaban J connectivity index is 1.36. The second kappa shape index (κ2) is 13.2. The zero-order chi connectivity index (χ0) is 37.0. The Morgan fingerprint density at radius 1 is 0.444 bits per heavy atom. The highest BCUT2D eigenvalue weighted by molar-refractivity contribution is 6.09. The lowest BCUT2D eigenvalue weighted by atomic mass is 9.82. The number of hydrogen-bond acceptors (Lipinski definition) is 1. The lowest BCUT2D eigenvalue weighted by Crippen LogP contribution is -2.13. The van der Waals surface area contributed by atoms with Gasteiger partial charge in [0.2, 0.25) is 0 Å². The van der Waals surface area contributed by atoms with Gasteiger partial charge in [0.15, 0.2) is 0 Å². The lowest BCUT2D eigenvalue weighted by molar-refractivity contribution is 0.590. The second-order valence-electron chi connectivity index (χ2n) is 15.4. The minimum Gasteiger partial charge on any atom is -0.309 e. The molecule has 9 aromatic rings. The van der Waals surface area contributed by atoms with E-state index in [0.717, 1.165) is 28.3 Å². The Hall–Kier alpha value is -6.45. The fourth-order valence-corrected chi connectivity index (χ4v) is 8.18. The van der Waals surface area contributed by atoms with Gasteiger partial charge < -0.3 is 4.57 Å². The molecule has 0 saturated carbocycles.